The Balaban J connectivity index is 1.57. The van der Waals surface area contributed by atoms with E-state index in [1.165, 1.54) is 11.3 Å². The summed E-state index contributed by atoms with van der Waals surface area (Å²) in [6.07, 6.45) is 1.91. The third-order valence-corrected chi connectivity index (χ3v) is 6.21. The lowest BCUT2D eigenvalue weighted by atomic mass is 9.98. The Labute approximate surface area is 171 Å². The molecule has 8 heteroatoms. The molecular weight excluding hydrogens is 388 g/mol. The minimum atomic E-state index is -0.565. The van der Waals surface area contributed by atoms with Gasteiger partial charge in [-0.3, -0.25) is 9.89 Å². The van der Waals surface area contributed by atoms with Gasteiger partial charge >= 0.3 is 5.97 Å². The monoisotopic (exact) mass is 410 g/mol. The molecule has 2 N–H and O–H groups in total. The second kappa shape index (κ2) is 7.79. The van der Waals surface area contributed by atoms with Crippen molar-refractivity contribution in [3.63, 3.8) is 0 Å². The Kier molecular flexibility index (Phi) is 5.19. The molecule has 4 aromatic rings. The first-order valence-corrected chi connectivity index (χ1v) is 10.4. The van der Waals surface area contributed by atoms with Gasteiger partial charge in [-0.2, -0.15) is 5.10 Å². The molecule has 0 bridgehead atoms. The van der Waals surface area contributed by atoms with Crippen molar-refractivity contribution in [2.45, 2.75) is 40.2 Å². The summed E-state index contributed by atoms with van der Waals surface area (Å²) in [5, 5.41) is 8.19. The van der Waals surface area contributed by atoms with Gasteiger partial charge in [0.1, 0.15) is 17.3 Å². The van der Waals surface area contributed by atoms with Gasteiger partial charge in [0.15, 0.2) is 5.69 Å². The number of rotatable bonds is 6. The van der Waals surface area contributed by atoms with Crippen molar-refractivity contribution in [2.24, 2.45) is 5.92 Å². The van der Waals surface area contributed by atoms with Crippen LogP contribution in [0.2, 0.25) is 0 Å². The zero-order valence-electron chi connectivity index (χ0n) is 16.5. The third-order valence-electron chi connectivity index (χ3n) is 5.16. The molecule has 0 aliphatic carbocycles. The number of nitrogens with zero attached hydrogens (tertiary/aromatic N) is 2. The van der Waals surface area contributed by atoms with E-state index in [0.29, 0.717) is 27.3 Å². The van der Waals surface area contributed by atoms with E-state index in [1.54, 1.807) is 6.07 Å². The number of carbonyl (C=O) groups excluding carboxylic acids is 1. The number of H-pyrrole nitrogens is 2. The lowest BCUT2D eigenvalue weighted by molar-refractivity contribution is 0.0457. The maximum atomic E-state index is 12.7. The average Bonchev–Trinajstić information content (AvgIpc) is 3.27. The van der Waals surface area contributed by atoms with E-state index in [0.717, 1.165) is 28.8 Å². The van der Waals surface area contributed by atoms with Crippen LogP contribution in [0.3, 0.4) is 0 Å². The highest BCUT2D eigenvalue weighted by atomic mass is 32.1. The number of aryl methyl sites for hydroxylation is 1. The second-order valence-electron chi connectivity index (χ2n) is 7.24. The van der Waals surface area contributed by atoms with Crippen molar-refractivity contribution in [1.29, 1.82) is 0 Å². The lowest BCUT2D eigenvalue weighted by Crippen LogP contribution is -2.15. The predicted molar refractivity (Wildman–Crippen MR) is 113 cm³/mol. The van der Waals surface area contributed by atoms with Gasteiger partial charge in [0, 0.05) is 10.3 Å². The van der Waals surface area contributed by atoms with Crippen molar-refractivity contribution in [3.05, 3.63) is 56.6 Å². The number of fused-ring (bicyclic) bond motifs is 2. The molecule has 3 heterocycles. The van der Waals surface area contributed by atoms with Crippen LogP contribution in [0.5, 0.6) is 0 Å². The number of thiophene rings is 1. The molecule has 150 valence electrons. The molecule has 29 heavy (non-hydrogen) atoms. The van der Waals surface area contributed by atoms with Gasteiger partial charge in [0.05, 0.1) is 10.9 Å². The summed E-state index contributed by atoms with van der Waals surface area (Å²) in [5.41, 5.74) is 1.86. The highest BCUT2D eigenvalue weighted by Gasteiger charge is 2.19. The van der Waals surface area contributed by atoms with Crippen LogP contribution in [0.15, 0.2) is 29.1 Å². The number of benzene rings is 1. The summed E-state index contributed by atoms with van der Waals surface area (Å²) in [6, 6.07) is 7.33. The third kappa shape index (κ3) is 3.67. The van der Waals surface area contributed by atoms with Crippen LogP contribution in [0.1, 0.15) is 47.0 Å². The molecule has 0 aliphatic heterocycles. The first-order chi connectivity index (χ1) is 14.0. The van der Waals surface area contributed by atoms with Gasteiger partial charge < -0.3 is 9.72 Å². The van der Waals surface area contributed by atoms with Gasteiger partial charge in [-0.25, -0.2) is 9.78 Å². The van der Waals surface area contributed by atoms with Crippen molar-refractivity contribution in [1.82, 2.24) is 20.2 Å². The fraction of sp³-hybridized carbons (Fsp3) is 0.333. The van der Waals surface area contributed by atoms with Crippen molar-refractivity contribution >= 4 is 38.4 Å². The van der Waals surface area contributed by atoms with Crippen LogP contribution in [-0.2, 0) is 17.8 Å². The largest absolute Gasteiger partial charge is 0.453 e. The molecule has 1 aromatic carbocycles. The zero-order valence-corrected chi connectivity index (χ0v) is 17.4. The summed E-state index contributed by atoms with van der Waals surface area (Å²) in [5.74, 6) is 0.257. The molecule has 0 aliphatic rings. The van der Waals surface area contributed by atoms with Crippen LogP contribution in [0.4, 0.5) is 0 Å². The van der Waals surface area contributed by atoms with E-state index in [2.05, 4.69) is 34.0 Å². The average molecular weight is 410 g/mol. The number of aromatic amines is 2. The standard InChI is InChI=1S/C21H22N4O3S/c1-4-11(2)9-14-12(3)29-20-17(14)19(26)22-16(23-20)10-28-21(27)18-13-7-5-6-8-15(13)24-25-18/h5-8,11H,4,9-10H2,1-3H3,(H,24,25)(H,22,23,26)/t11-/m1/s1. The van der Waals surface area contributed by atoms with Crippen molar-refractivity contribution in [3.8, 4) is 0 Å². The molecule has 0 fully saturated rings. The Bertz CT molecular complexity index is 1250. The normalized spacial score (nSPS) is 12.5. The molecule has 1 atom stereocenters. The van der Waals surface area contributed by atoms with Crippen LogP contribution < -0.4 is 5.56 Å². The number of ether oxygens (including phenoxy) is 1. The highest BCUT2D eigenvalue weighted by Crippen LogP contribution is 2.29. The van der Waals surface area contributed by atoms with Crippen molar-refractivity contribution in [2.75, 3.05) is 0 Å². The van der Waals surface area contributed by atoms with E-state index < -0.39 is 5.97 Å². The topological polar surface area (TPSA) is 101 Å². The molecule has 0 radical (unpaired) electrons. The summed E-state index contributed by atoms with van der Waals surface area (Å²) < 4.78 is 5.35. The molecule has 3 aromatic heterocycles. The number of hydrogen-bond donors (Lipinski definition) is 2. The van der Waals surface area contributed by atoms with Crippen LogP contribution in [0.25, 0.3) is 21.1 Å². The first-order valence-electron chi connectivity index (χ1n) is 9.59. The molecule has 0 saturated carbocycles. The molecule has 7 nitrogen and oxygen atoms in total. The minimum Gasteiger partial charge on any atom is -0.453 e. The minimum absolute atomic E-state index is 0.122. The van der Waals surface area contributed by atoms with Gasteiger partial charge in [-0.05, 0) is 30.9 Å². The highest BCUT2D eigenvalue weighted by molar-refractivity contribution is 7.18. The Morgan fingerprint density at radius 3 is 2.90 bits per heavy atom. The summed E-state index contributed by atoms with van der Waals surface area (Å²) in [4.78, 5) is 34.2. The SMILES string of the molecule is CC[C@@H](C)Cc1c(C)sc2nc(COC(=O)c3n[nH]c4ccccc34)[nH]c(=O)c12. The molecule has 0 saturated heterocycles. The number of esters is 1. The Morgan fingerprint density at radius 1 is 1.31 bits per heavy atom. The van der Waals surface area contributed by atoms with Gasteiger partial charge in [-0.15, -0.1) is 11.3 Å². The molecule has 0 spiro atoms. The molecule has 4 rings (SSSR count). The Morgan fingerprint density at radius 2 is 2.10 bits per heavy atom. The Hall–Kier alpha value is -3.00. The van der Waals surface area contributed by atoms with E-state index in [9.17, 15) is 9.59 Å². The van der Waals surface area contributed by atoms with Gasteiger partial charge in [0.2, 0.25) is 0 Å². The summed E-state index contributed by atoms with van der Waals surface area (Å²) in [7, 11) is 0. The number of hydrogen-bond acceptors (Lipinski definition) is 6. The number of aromatic nitrogens is 4. The second-order valence-corrected chi connectivity index (χ2v) is 8.44. The van der Waals surface area contributed by atoms with Crippen LogP contribution >= 0.6 is 11.3 Å². The van der Waals surface area contributed by atoms with E-state index in [-0.39, 0.29) is 17.9 Å². The molecule has 0 amide bonds. The quantitative estimate of drug-likeness (QED) is 0.466. The van der Waals surface area contributed by atoms with Gasteiger partial charge in [-0.1, -0.05) is 38.5 Å². The molecule has 0 unspecified atom stereocenters. The first kappa shape index (κ1) is 19.3. The van der Waals surface area contributed by atoms with E-state index in [4.69, 9.17) is 4.74 Å². The van der Waals surface area contributed by atoms with Crippen LogP contribution in [-0.4, -0.2) is 26.1 Å². The summed E-state index contributed by atoms with van der Waals surface area (Å²) in [6.45, 7) is 6.22. The predicted octanol–water partition coefficient (Wildman–Crippen LogP) is 4.11. The maximum absolute atomic E-state index is 12.7. The maximum Gasteiger partial charge on any atom is 0.359 e. The molecular formula is C21H22N4O3S. The fourth-order valence-electron chi connectivity index (χ4n) is 3.35. The number of nitrogens with one attached hydrogen (secondary N) is 2. The smallest absolute Gasteiger partial charge is 0.359 e. The zero-order chi connectivity index (χ0) is 20.5. The summed E-state index contributed by atoms with van der Waals surface area (Å²) >= 11 is 1.50. The van der Waals surface area contributed by atoms with E-state index in [1.807, 2.05) is 25.1 Å². The fourth-order valence-corrected chi connectivity index (χ4v) is 4.42. The van der Waals surface area contributed by atoms with Gasteiger partial charge in [0.25, 0.3) is 5.56 Å². The number of para-hydroxylation sites is 1. The number of carbonyl (C=O) groups is 1. The van der Waals surface area contributed by atoms with E-state index >= 15 is 0 Å². The van der Waals surface area contributed by atoms with Crippen molar-refractivity contribution < 1.29 is 9.53 Å². The lowest BCUT2D eigenvalue weighted by Gasteiger charge is -2.08. The van der Waals surface area contributed by atoms with Crippen LogP contribution in [0, 0.1) is 12.8 Å².